The third-order valence-corrected chi connectivity index (χ3v) is 3.03. The summed E-state index contributed by atoms with van der Waals surface area (Å²) in [6.07, 6.45) is 0.538. The molecular weight excluding hydrogens is 394 g/mol. The molecule has 0 saturated carbocycles. The largest absolute Gasteiger partial charge is 0.389 e. The van der Waals surface area contributed by atoms with Crippen LogP contribution in [0.2, 0.25) is 0 Å². The molecule has 0 heterocycles. The van der Waals surface area contributed by atoms with Crippen LogP contribution in [-0.4, -0.2) is 31.8 Å². The summed E-state index contributed by atoms with van der Waals surface area (Å²) in [4.78, 5) is 4.07. The molecule has 0 aliphatic rings. The van der Waals surface area contributed by atoms with Crippen LogP contribution in [0.1, 0.15) is 58.8 Å². The first-order valence-electron chi connectivity index (χ1n) is 7.43. The van der Waals surface area contributed by atoms with Gasteiger partial charge in [0.15, 0.2) is 5.96 Å². The second-order valence-electron chi connectivity index (χ2n) is 5.11. The van der Waals surface area contributed by atoms with E-state index in [-0.39, 0.29) is 30.4 Å². The molecular formula is C14H29F3IN3. The summed E-state index contributed by atoms with van der Waals surface area (Å²) in [7, 11) is 1.67. The normalized spacial score (nSPS) is 13.5. The smallest absolute Gasteiger partial charge is 0.356 e. The van der Waals surface area contributed by atoms with Crippen molar-refractivity contribution in [2.24, 2.45) is 4.99 Å². The summed E-state index contributed by atoms with van der Waals surface area (Å²) < 4.78 is 35.9. The lowest BCUT2D eigenvalue weighted by Gasteiger charge is -2.17. The van der Waals surface area contributed by atoms with Crippen LogP contribution in [-0.2, 0) is 0 Å². The van der Waals surface area contributed by atoms with Crippen molar-refractivity contribution in [1.29, 1.82) is 0 Å². The summed E-state index contributed by atoms with van der Waals surface area (Å²) in [6.45, 7) is 4.77. The number of guanidine groups is 1. The lowest BCUT2D eigenvalue weighted by Crippen LogP contribution is -2.42. The van der Waals surface area contributed by atoms with Crippen LogP contribution in [0.15, 0.2) is 4.99 Å². The van der Waals surface area contributed by atoms with E-state index >= 15 is 0 Å². The monoisotopic (exact) mass is 423 g/mol. The van der Waals surface area contributed by atoms with Crippen LogP contribution in [0.5, 0.6) is 0 Å². The topological polar surface area (TPSA) is 36.4 Å². The predicted octanol–water partition coefficient (Wildman–Crippen LogP) is 4.47. The Hall–Kier alpha value is -0.210. The zero-order chi connectivity index (χ0) is 15.4. The van der Waals surface area contributed by atoms with Crippen molar-refractivity contribution in [2.45, 2.75) is 71.0 Å². The highest BCUT2D eigenvalue weighted by Gasteiger charge is 2.25. The summed E-state index contributed by atoms with van der Waals surface area (Å²) in [6, 6.07) is 0.322. The van der Waals surface area contributed by atoms with Gasteiger partial charge in [0.2, 0.25) is 0 Å². The van der Waals surface area contributed by atoms with Gasteiger partial charge in [-0.15, -0.1) is 24.0 Å². The summed E-state index contributed by atoms with van der Waals surface area (Å²) in [5, 5.41) is 6.30. The van der Waals surface area contributed by atoms with E-state index in [4.69, 9.17) is 0 Å². The number of hydrogen-bond donors (Lipinski definition) is 2. The molecule has 128 valence electrons. The molecule has 0 bridgehead atoms. The molecule has 0 fully saturated rings. The number of halogens is 4. The maximum Gasteiger partial charge on any atom is 0.389 e. The van der Waals surface area contributed by atoms with Crippen molar-refractivity contribution in [2.75, 3.05) is 13.6 Å². The van der Waals surface area contributed by atoms with Gasteiger partial charge in [-0.3, -0.25) is 4.99 Å². The first kappa shape index (κ1) is 23.1. The Balaban J connectivity index is 0. The van der Waals surface area contributed by atoms with Crippen LogP contribution in [0.25, 0.3) is 0 Å². The highest BCUT2D eigenvalue weighted by molar-refractivity contribution is 14.0. The summed E-state index contributed by atoms with van der Waals surface area (Å²) >= 11 is 0. The van der Waals surface area contributed by atoms with Crippen molar-refractivity contribution in [3.05, 3.63) is 0 Å². The molecule has 0 aliphatic heterocycles. The van der Waals surface area contributed by atoms with Crippen molar-refractivity contribution >= 4 is 29.9 Å². The maximum absolute atomic E-state index is 12.0. The lowest BCUT2D eigenvalue weighted by molar-refractivity contribution is -0.135. The molecule has 7 heteroatoms. The number of aliphatic imine (C=N–C) groups is 1. The zero-order valence-corrected chi connectivity index (χ0v) is 15.6. The molecule has 1 unspecified atom stereocenters. The van der Waals surface area contributed by atoms with Crippen LogP contribution < -0.4 is 10.6 Å². The minimum absolute atomic E-state index is 0. The van der Waals surface area contributed by atoms with E-state index in [9.17, 15) is 13.2 Å². The Morgan fingerprint density at radius 3 is 2.33 bits per heavy atom. The number of nitrogens with zero attached hydrogens (tertiary/aromatic N) is 1. The molecule has 0 radical (unpaired) electrons. The van der Waals surface area contributed by atoms with Crippen LogP contribution >= 0.6 is 24.0 Å². The molecule has 0 aromatic rings. The van der Waals surface area contributed by atoms with Crippen molar-refractivity contribution < 1.29 is 13.2 Å². The number of hydrogen-bond acceptors (Lipinski definition) is 1. The highest BCUT2D eigenvalue weighted by atomic mass is 127. The Kier molecular flexibility index (Phi) is 14.8. The van der Waals surface area contributed by atoms with Crippen LogP contribution in [0.3, 0.4) is 0 Å². The fraction of sp³-hybridized carbons (Fsp3) is 0.929. The fourth-order valence-corrected chi connectivity index (χ4v) is 1.86. The van der Waals surface area contributed by atoms with E-state index in [0.717, 1.165) is 6.42 Å². The molecule has 0 rings (SSSR count). The van der Waals surface area contributed by atoms with Gasteiger partial charge in [-0.1, -0.05) is 26.2 Å². The van der Waals surface area contributed by atoms with E-state index in [1.807, 2.05) is 0 Å². The van der Waals surface area contributed by atoms with E-state index in [1.165, 1.54) is 19.3 Å². The van der Waals surface area contributed by atoms with E-state index in [2.05, 4.69) is 29.5 Å². The third kappa shape index (κ3) is 16.0. The Labute approximate surface area is 143 Å². The predicted molar refractivity (Wildman–Crippen MR) is 93.4 cm³/mol. The second kappa shape index (κ2) is 13.5. The zero-order valence-electron chi connectivity index (χ0n) is 13.2. The van der Waals surface area contributed by atoms with Gasteiger partial charge in [0.25, 0.3) is 0 Å². The minimum Gasteiger partial charge on any atom is -0.356 e. The van der Waals surface area contributed by atoms with Gasteiger partial charge in [-0.25, -0.2) is 0 Å². The summed E-state index contributed by atoms with van der Waals surface area (Å²) in [5.41, 5.74) is 0. The van der Waals surface area contributed by atoms with Gasteiger partial charge < -0.3 is 10.6 Å². The molecule has 0 saturated heterocycles. The lowest BCUT2D eigenvalue weighted by atomic mass is 10.1. The Bertz CT molecular complexity index is 271. The highest BCUT2D eigenvalue weighted by Crippen LogP contribution is 2.21. The van der Waals surface area contributed by atoms with Gasteiger partial charge in [0.1, 0.15) is 0 Å². The average Bonchev–Trinajstić information content (AvgIpc) is 2.36. The third-order valence-electron chi connectivity index (χ3n) is 3.03. The molecule has 0 aliphatic carbocycles. The van der Waals surface area contributed by atoms with E-state index in [0.29, 0.717) is 25.0 Å². The molecule has 0 spiro atoms. The number of nitrogens with one attached hydrogen (secondary N) is 2. The van der Waals surface area contributed by atoms with Gasteiger partial charge in [-0.2, -0.15) is 13.2 Å². The minimum atomic E-state index is -4.05. The van der Waals surface area contributed by atoms with Gasteiger partial charge in [0, 0.05) is 26.1 Å². The number of rotatable bonds is 9. The Morgan fingerprint density at radius 2 is 1.81 bits per heavy atom. The Morgan fingerprint density at radius 1 is 1.14 bits per heavy atom. The second-order valence-corrected chi connectivity index (χ2v) is 5.11. The number of unbranched alkanes of at least 4 members (excludes halogenated alkanes) is 3. The van der Waals surface area contributed by atoms with Crippen LogP contribution in [0, 0.1) is 0 Å². The van der Waals surface area contributed by atoms with E-state index in [1.54, 1.807) is 7.05 Å². The van der Waals surface area contributed by atoms with E-state index < -0.39 is 12.6 Å². The maximum atomic E-state index is 12.0. The standard InChI is InChI=1S/C14H28F3N3.HI/c1-4-5-6-9-12(2)20-13(18-3)19-11-8-7-10-14(15,16)17;/h12H,4-11H2,1-3H3,(H2,18,19,20);1H. The first-order chi connectivity index (χ1) is 9.39. The molecule has 0 amide bonds. The van der Waals surface area contributed by atoms with Gasteiger partial charge >= 0.3 is 6.18 Å². The quantitative estimate of drug-likeness (QED) is 0.249. The molecule has 0 aromatic carbocycles. The summed E-state index contributed by atoms with van der Waals surface area (Å²) in [5.74, 6) is 0.668. The average molecular weight is 423 g/mol. The molecule has 21 heavy (non-hydrogen) atoms. The van der Waals surface area contributed by atoms with Crippen molar-refractivity contribution in [3.8, 4) is 0 Å². The van der Waals surface area contributed by atoms with Gasteiger partial charge in [-0.05, 0) is 26.2 Å². The molecule has 0 aromatic heterocycles. The number of alkyl halides is 3. The molecule has 1 atom stereocenters. The van der Waals surface area contributed by atoms with Crippen molar-refractivity contribution in [3.63, 3.8) is 0 Å². The van der Waals surface area contributed by atoms with Gasteiger partial charge in [0.05, 0.1) is 0 Å². The SMILES string of the molecule is CCCCCC(C)NC(=NC)NCCCCC(F)(F)F.I. The van der Waals surface area contributed by atoms with Crippen molar-refractivity contribution in [1.82, 2.24) is 10.6 Å². The molecule has 2 N–H and O–H groups in total. The molecule has 3 nitrogen and oxygen atoms in total. The van der Waals surface area contributed by atoms with Crippen LogP contribution in [0.4, 0.5) is 13.2 Å². The fourth-order valence-electron chi connectivity index (χ4n) is 1.86. The first-order valence-corrected chi connectivity index (χ1v) is 7.43.